The number of thiol groups is 1. The summed E-state index contributed by atoms with van der Waals surface area (Å²) in [6.45, 7) is 0. The molecule has 0 fully saturated rings. The summed E-state index contributed by atoms with van der Waals surface area (Å²) < 4.78 is 28.5. The quantitative estimate of drug-likeness (QED) is 0.344. The Morgan fingerprint density at radius 2 is 1.33 bits per heavy atom. The molecule has 0 unspecified atom stereocenters. The van der Waals surface area contributed by atoms with Crippen LogP contribution < -0.4 is 0 Å². The van der Waals surface area contributed by atoms with Crippen molar-refractivity contribution in [3.63, 3.8) is 0 Å². The third-order valence-electron chi connectivity index (χ3n) is 3.86. The lowest BCUT2D eigenvalue weighted by Gasteiger charge is -2.13. The van der Waals surface area contributed by atoms with Gasteiger partial charge in [0.2, 0.25) is 0 Å². The third-order valence-corrected chi connectivity index (χ3v) is 5.54. The van der Waals surface area contributed by atoms with Gasteiger partial charge in [0, 0.05) is 5.39 Å². The Morgan fingerprint density at radius 1 is 0.762 bits per heavy atom. The van der Waals surface area contributed by atoms with Crippen LogP contribution >= 0.6 is 12.9 Å². The SMILES string of the molecule is O=S(=O)(OS)c1ccc2ccc3cccc4ccc1c2c34. The van der Waals surface area contributed by atoms with Crippen LogP contribution in [0.4, 0.5) is 0 Å². The fraction of sp³-hybridized carbons (Fsp3) is 0. The van der Waals surface area contributed by atoms with Crippen molar-refractivity contribution in [3.05, 3.63) is 54.6 Å². The molecule has 4 rings (SSSR count). The van der Waals surface area contributed by atoms with Crippen molar-refractivity contribution in [3.8, 4) is 0 Å². The number of rotatable bonds is 2. The maximum Gasteiger partial charge on any atom is 0.308 e. The maximum atomic E-state index is 12.0. The van der Waals surface area contributed by atoms with E-state index in [0.717, 1.165) is 26.9 Å². The topological polar surface area (TPSA) is 43.4 Å². The van der Waals surface area contributed by atoms with E-state index in [9.17, 15) is 8.42 Å². The van der Waals surface area contributed by atoms with Crippen molar-refractivity contribution in [2.24, 2.45) is 0 Å². The molecule has 0 atom stereocenters. The van der Waals surface area contributed by atoms with Crippen LogP contribution in [0.1, 0.15) is 0 Å². The van der Waals surface area contributed by atoms with Gasteiger partial charge in [-0.1, -0.05) is 48.5 Å². The molecule has 0 heterocycles. The molecule has 21 heavy (non-hydrogen) atoms. The largest absolute Gasteiger partial charge is 0.308 e. The van der Waals surface area contributed by atoms with Gasteiger partial charge in [0.1, 0.15) is 4.90 Å². The summed E-state index contributed by atoms with van der Waals surface area (Å²) in [5.41, 5.74) is 0. The fourth-order valence-electron chi connectivity index (χ4n) is 2.97. The van der Waals surface area contributed by atoms with Gasteiger partial charge in [0.05, 0.1) is 0 Å². The molecule has 0 aliphatic carbocycles. The summed E-state index contributed by atoms with van der Waals surface area (Å²) in [4.78, 5) is 0.142. The van der Waals surface area contributed by atoms with Crippen molar-refractivity contribution in [1.29, 1.82) is 0 Å². The van der Waals surface area contributed by atoms with E-state index in [1.54, 1.807) is 12.1 Å². The molecule has 0 amide bonds. The average Bonchev–Trinajstić information content (AvgIpc) is 2.52. The first-order valence-electron chi connectivity index (χ1n) is 6.36. The summed E-state index contributed by atoms with van der Waals surface area (Å²) >= 11 is 3.47. The van der Waals surface area contributed by atoms with Crippen molar-refractivity contribution >= 4 is 55.3 Å². The molecule has 0 aliphatic heterocycles. The second kappa shape index (κ2) is 4.34. The average molecular weight is 314 g/mol. The molecule has 104 valence electrons. The molecule has 3 nitrogen and oxygen atoms in total. The molecule has 0 saturated heterocycles. The van der Waals surface area contributed by atoms with Gasteiger partial charge in [-0.15, -0.1) is 0 Å². The minimum atomic E-state index is -3.86. The van der Waals surface area contributed by atoms with Gasteiger partial charge in [-0.2, -0.15) is 12.0 Å². The number of hydrogen-bond donors (Lipinski definition) is 1. The minimum absolute atomic E-state index is 0.142. The lowest BCUT2D eigenvalue weighted by atomic mass is 9.94. The smallest absolute Gasteiger partial charge is 0.197 e. The van der Waals surface area contributed by atoms with Crippen molar-refractivity contribution in [2.45, 2.75) is 4.90 Å². The van der Waals surface area contributed by atoms with Crippen LogP contribution in [0, 0.1) is 0 Å². The van der Waals surface area contributed by atoms with Crippen molar-refractivity contribution < 1.29 is 12.0 Å². The first-order chi connectivity index (χ1) is 10.1. The predicted molar refractivity (Wildman–Crippen MR) is 87.4 cm³/mol. The Labute approximate surface area is 127 Å². The van der Waals surface area contributed by atoms with Gasteiger partial charge >= 0.3 is 10.1 Å². The van der Waals surface area contributed by atoms with Gasteiger partial charge < -0.3 is 0 Å². The highest BCUT2D eigenvalue weighted by atomic mass is 32.3. The van der Waals surface area contributed by atoms with Crippen LogP contribution in [-0.2, 0) is 13.7 Å². The highest BCUT2D eigenvalue weighted by molar-refractivity contribution is 7.95. The van der Waals surface area contributed by atoms with E-state index < -0.39 is 10.1 Å². The summed E-state index contributed by atoms with van der Waals surface area (Å²) in [5.74, 6) is 0. The Balaban J connectivity index is 2.32. The maximum absolute atomic E-state index is 12.0. The zero-order valence-corrected chi connectivity index (χ0v) is 12.5. The van der Waals surface area contributed by atoms with Gasteiger partial charge in [0.15, 0.2) is 0 Å². The molecule has 0 aromatic heterocycles. The van der Waals surface area contributed by atoms with E-state index in [2.05, 4.69) is 16.5 Å². The molecular weight excluding hydrogens is 304 g/mol. The Kier molecular flexibility index (Phi) is 2.66. The number of hydrogen-bond acceptors (Lipinski definition) is 4. The van der Waals surface area contributed by atoms with E-state index in [0.29, 0.717) is 5.39 Å². The first kappa shape index (κ1) is 12.9. The van der Waals surface area contributed by atoms with Crippen molar-refractivity contribution in [1.82, 2.24) is 0 Å². The molecule has 5 heteroatoms. The van der Waals surface area contributed by atoms with Crippen LogP contribution in [0.3, 0.4) is 0 Å². The van der Waals surface area contributed by atoms with Crippen LogP contribution in [0.2, 0.25) is 0 Å². The molecule has 0 saturated carbocycles. The molecule has 0 N–H and O–H groups in total. The van der Waals surface area contributed by atoms with Crippen LogP contribution in [0.5, 0.6) is 0 Å². The Hall–Kier alpha value is -1.82. The summed E-state index contributed by atoms with van der Waals surface area (Å²) in [6.07, 6.45) is 0. The monoisotopic (exact) mass is 314 g/mol. The summed E-state index contributed by atoms with van der Waals surface area (Å²) in [6, 6.07) is 17.2. The highest BCUT2D eigenvalue weighted by Crippen LogP contribution is 2.37. The van der Waals surface area contributed by atoms with Crippen LogP contribution in [0.15, 0.2) is 59.5 Å². The minimum Gasteiger partial charge on any atom is -0.197 e. The third kappa shape index (κ3) is 1.75. The van der Waals surface area contributed by atoms with E-state index in [4.69, 9.17) is 0 Å². The Bertz CT molecular complexity index is 1070. The zero-order valence-electron chi connectivity index (χ0n) is 10.8. The number of benzene rings is 4. The second-order valence-corrected chi connectivity index (χ2v) is 6.89. The van der Waals surface area contributed by atoms with E-state index in [-0.39, 0.29) is 4.90 Å². The summed E-state index contributed by atoms with van der Waals surface area (Å²) in [5, 5.41) is 5.86. The molecule has 0 bridgehead atoms. The van der Waals surface area contributed by atoms with Crippen LogP contribution in [-0.4, -0.2) is 8.42 Å². The van der Waals surface area contributed by atoms with Gasteiger partial charge in [-0.05, 0) is 45.9 Å². The molecule has 4 aromatic carbocycles. The normalized spacial score (nSPS) is 12.6. The first-order valence-corrected chi connectivity index (χ1v) is 8.14. The zero-order chi connectivity index (χ0) is 14.6. The molecule has 0 spiro atoms. The van der Waals surface area contributed by atoms with Gasteiger partial charge in [-0.3, -0.25) is 0 Å². The van der Waals surface area contributed by atoms with Crippen LogP contribution in [0.25, 0.3) is 32.3 Å². The molecular formula is C16H10O3S2. The van der Waals surface area contributed by atoms with E-state index in [1.807, 2.05) is 42.5 Å². The van der Waals surface area contributed by atoms with E-state index in [1.165, 1.54) is 0 Å². The molecule has 0 aliphatic rings. The molecule has 0 radical (unpaired) electrons. The van der Waals surface area contributed by atoms with Gasteiger partial charge in [0.25, 0.3) is 0 Å². The predicted octanol–water partition coefficient (Wildman–Crippen LogP) is 4.13. The lowest BCUT2D eigenvalue weighted by molar-refractivity contribution is 0.522. The summed E-state index contributed by atoms with van der Waals surface area (Å²) in [7, 11) is -3.86. The van der Waals surface area contributed by atoms with Gasteiger partial charge in [-0.25, -0.2) is 0 Å². The molecule has 4 aromatic rings. The van der Waals surface area contributed by atoms with Crippen molar-refractivity contribution in [2.75, 3.05) is 0 Å². The highest BCUT2D eigenvalue weighted by Gasteiger charge is 2.19. The van der Waals surface area contributed by atoms with E-state index >= 15 is 0 Å². The standard InChI is InChI=1S/C16H10O3S2/c17-21(18,19-20)14-9-7-12-5-4-10-2-1-3-11-6-8-13(14)16(12)15(10)11/h1-9,20H. The fourth-order valence-corrected chi connectivity index (χ4v) is 3.96. The Morgan fingerprint density at radius 3 is 2.00 bits per heavy atom. The lowest BCUT2D eigenvalue weighted by Crippen LogP contribution is -2.01. The second-order valence-electron chi connectivity index (χ2n) is 4.95.